The molecule has 6 nitrogen and oxygen atoms in total. The predicted octanol–water partition coefficient (Wildman–Crippen LogP) is 2.01. The van der Waals surface area contributed by atoms with Gasteiger partial charge in [-0.25, -0.2) is 9.97 Å². The number of rotatable bonds is 4. The van der Waals surface area contributed by atoms with E-state index in [1.54, 1.807) is 37.6 Å². The van der Waals surface area contributed by atoms with E-state index in [0.29, 0.717) is 22.3 Å². The standard InChI is InChI=1S/C12H12ClN5O/c1-15-11-12(17-5-4-16-11)18-7-2-3-9(13)8(6-7)10(14)19/h2-6H,1H3,(H2,14,19)(H,15,16)(H,17,18). The lowest BCUT2D eigenvalue weighted by Crippen LogP contribution is -2.12. The zero-order valence-corrected chi connectivity index (χ0v) is 10.9. The first-order valence-electron chi connectivity index (χ1n) is 5.47. The summed E-state index contributed by atoms with van der Waals surface area (Å²) in [7, 11) is 1.74. The van der Waals surface area contributed by atoms with Crippen LogP contribution in [0.2, 0.25) is 5.02 Å². The quantitative estimate of drug-likeness (QED) is 0.795. The van der Waals surface area contributed by atoms with Crippen LogP contribution in [0.4, 0.5) is 17.3 Å². The summed E-state index contributed by atoms with van der Waals surface area (Å²) in [6, 6.07) is 4.89. The number of halogens is 1. The van der Waals surface area contributed by atoms with E-state index in [0.717, 1.165) is 0 Å². The number of amides is 1. The number of nitrogens with zero attached hydrogens (tertiary/aromatic N) is 2. The SMILES string of the molecule is CNc1nccnc1Nc1ccc(Cl)c(C(N)=O)c1. The van der Waals surface area contributed by atoms with E-state index in [9.17, 15) is 4.79 Å². The Balaban J connectivity index is 2.33. The van der Waals surface area contributed by atoms with Gasteiger partial charge in [-0.3, -0.25) is 4.79 Å². The number of nitrogens with two attached hydrogens (primary N) is 1. The van der Waals surface area contributed by atoms with E-state index in [2.05, 4.69) is 20.6 Å². The molecule has 0 aliphatic rings. The summed E-state index contributed by atoms with van der Waals surface area (Å²) in [5.74, 6) is 0.558. The monoisotopic (exact) mass is 277 g/mol. The molecule has 1 amide bonds. The van der Waals surface area contributed by atoms with Crippen molar-refractivity contribution in [1.29, 1.82) is 0 Å². The summed E-state index contributed by atoms with van der Waals surface area (Å²) < 4.78 is 0. The van der Waals surface area contributed by atoms with Gasteiger partial charge in [0.05, 0.1) is 10.6 Å². The number of anilines is 3. The highest BCUT2D eigenvalue weighted by molar-refractivity contribution is 6.33. The highest BCUT2D eigenvalue weighted by Crippen LogP contribution is 2.24. The van der Waals surface area contributed by atoms with Gasteiger partial charge in [-0.2, -0.15) is 0 Å². The lowest BCUT2D eigenvalue weighted by Gasteiger charge is -2.10. The Labute approximate surface area is 115 Å². The second-order valence-corrected chi connectivity index (χ2v) is 4.09. The molecule has 98 valence electrons. The van der Waals surface area contributed by atoms with Crippen LogP contribution in [-0.4, -0.2) is 22.9 Å². The highest BCUT2D eigenvalue weighted by atomic mass is 35.5. The van der Waals surface area contributed by atoms with Gasteiger partial charge in [0.2, 0.25) is 5.91 Å². The van der Waals surface area contributed by atoms with Crippen molar-refractivity contribution in [2.24, 2.45) is 5.73 Å². The fourth-order valence-electron chi connectivity index (χ4n) is 1.54. The van der Waals surface area contributed by atoms with E-state index in [1.165, 1.54) is 0 Å². The third-order valence-corrected chi connectivity index (χ3v) is 2.76. The number of primary amides is 1. The summed E-state index contributed by atoms with van der Waals surface area (Å²) in [6.07, 6.45) is 3.14. The van der Waals surface area contributed by atoms with Crippen molar-refractivity contribution in [3.63, 3.8) is 0 Å². The fraction of sp³-hybridized carbons (Fsp3) is 0.0833. The normalized spacial score (nSPS) is 10.0. The van der Waals surface area contributed by atoms with Crippen molar-refractivity contribution >= 4 is 34.8 Å². The fourth-order valence-corrected chi connectivity index (χ4v) is 1.75. The maximum absolute atomic E-state index is 11.2. The molecule has 1 aromatic heterocycles. The Morgan fingerprint density at radius 2 is 1.95 bits per heavy atom. The molecule has 2 rings (SSSR count). The number of carbonyl (C=O) groups excluding carboxylic acids is 1. The molecular formula is C12H12ClN5O. The van der Waals surface area contributed by atoms with Crippen molar-refractivity contribution < 1.29 is 4.79 Å². The highest BCUT2D eigenvalue weighted by Gasteiger charge is 2.09. The van der Waals surface area contributed by atoms with Crippen LogP contribution in [0.15, 0.2) is 30.6 Å². The maximum atomic E-state index is 11.2. The first kappa shape index (κ1) is 13.1. The lowest BCUT2D eigenvalue weighted by atomic mass is 10.2. The van der Waals surface area contributed by atoms with Crippen LogP contribution >= 0.6 is 11.6 Å². The number of hydrogen-bond donors (Lipinski definition) is 3. The molecule has 7 heteroatoms. The Morgan fingerprint density at radius 1 is 1.26 bits per heavy atom. The van der Waals surface area contributed by atoms with Crippen LogP contribution in [0.25, 0.3) is 0 Å². The molecule has 4 N–H and O–H groups in total. The Morgan fingerprint density at radius 3 is 2.58 bits per heavy atom. The van der Waals surface area contributed by atoms with Crippen molar-refractivity contribution in [1.82, 2.24) is 9.97 Å². The predicted molar refractivity (Wildman–Crippen MR) is 74.8 cm³/mol. The largest absolute Gasteiger partial charge is 0.370 e. The molecule has 1 aromatic carbocycles. The van der Waals surface area contributed by atoms with Gasteiger partial charge in [0.1, 0.15) is 0 Å². The van der Waals surface area contributed by atoms with Gasteiger partial charge in [-0.15, -0.1) is 0 Å². The minimum atomic E-state index is -0.582. The zero-order chi connectivity index (χ0) is 13.8. The van der Waals surface area contributed by atoms with Crippen LogP contribution in [0.1, 0.15) is 10.4 Å². The van der Waals surface area contributed by atoms with E-state index < -0.39 is 5.91 Å². The van der Waals surface area contributed by atoms with Gasteiger partial charge < -0.3 is 16.4 Å². The minimum absolute atomic E-state index is 0.251. The molecule has 0 spiro atoms. The number of hydrogen-bond acceptors (Lipinski definition) is 5. The van der Waals surface area contributed by atoms with Crippen molar-refractivity contribution in [2.75, 3.05) is 17.7 Å². The van der Waals surface area contributed by atoms with E-state index in [4.69, 9.17) is 17.3 Å². The molecule has 0 aliphatic carbocycles. The lowest BCUT2D eigenvalue weighted by molar-refractivity contribution is 0.100. The smallest absolute Gasteiger partial charge is 0.250 e. The molecule has 0 aliphatic heterocycles. The average molecular weight is 278 g/mol. The number of benzene rings is 1. The zero-order valence-electron chi connectivity index (χ0n) is 10.1. The summed E-state index contributed by atoms with van der Waals surface area (Å²) in [4.78, 5) is 19.5. The molecule has 1 heterocycles. The van der Waals surface area contributed by atoms with Crippen LogP contribution in [0.3, 0.4) is 0 Å². The van der Waals surface area contributed by atoms with E-state index >= 15 is 0 Å². The molecular weight excluding hydrogens is 266 g/mol. The molecule has 0 atom stereocenters. The molecule has 0 saturated carbocycles. The third-order valence-electron chi connectivity index (χ3n) is 2.43. The summed E-state index contributed by atoms with van der Waals surface area (Å²) in [5, 5.41) is 6.27. The van der Waals surface area contributed by atoms with Gasteiger partial charge in [-0.1, -0.05) is 11.6 Å². The van der Waals surface area contributed by atoms with Gasteiger partial charge in [0.25, 0.3) is 0 Å². The second-order valence-electron chi connectivity index (χ2n) is 3.69. The topological polar surface area (TPSA) is 92.9 Å². The van der Waals surface area contributed by atoms with Crippen LogP contribution < -0.4 is 16.4 Å². The summed E-state index contributed by atoms with van der Waals surface area (Å²) >= 11 is 5.88. The number of nitrogens with one attached hydrogen (secondary N) is 2. The third kappa shape index (κ3) is 2.92. The van der Waals surface area contributed by atoms with E-state index in [1.807, 2.05) is 0 Å². The molecule has 0 unspecified atom stereocenters. The molecule has 2 aromatic rings. The summed E-state index contributed by atoms with van der Waals surface area (Å²) in [5.41, 5.74) is 6.14. The number of aromatic nitrogens is 2. The van der Waals surface area contributed by atoms with Gasteiger partial charge in [0, 0.05) is 25.1 Å². The van der Waals surface area contributed by atoms with Gasteiger partial charge >= 0.3 is 0 Å². The van der Waals surface area contributed by atoms with Gasteiger partial charge in [0.15, 0.2) is 11.6 Å². The minimum Gasteiger partial charge on any atom is -0.370 e. The van der Waals surface area contributed by atoms with Gasteiger partial charge in [-0.05, 0) is 18.2 Å². The molecule has 0 saturated heterocycles. The molecule has 0 bridgehead atoms. The summed E-state index contributed by atoms with van der Waals surface area (Å²) in [6.45, 7) is 0. The van der Waals surface area contributed by atoms with Crippen LogP contribution in [0.5, 0.6) is 0 Å². The number of carbonyl (C=O) groups is 1. The van der Waals surface area contributed by atoms with Crippen LogP contribution in [-0.2, 0) is 0 Å². The first-order chi connectivity index (χ1) is 9.11. The van der Waals surface area contributed by atoms with Crippen molar-refractivity contribution in [3.05, 3.63) is 41.2 Å². The van der Waals surface area contributed by atoms with Crippen molar-refractivity contribution in [3.8, 4) is 0 Å². The Kier molecular flexibility index (Phi) is 3.82. The maximum Gasteiger partial charge on any atom is 0.250 e. The second kappa shape index (κ2) is 5.53. The van der Waals surface area contributed by atoms with Crippen molar-refractivity contribution in [2.45, 2.75) is 0 Å². The van der Waals surface area contributed by atoms with E-state index in [-0.39, 0.29) is 5.56 Å². The average Bonchev–Trinajstić information content (AvgIpc) is 2.41. The Hall–Kier alpha value is -2.34. The molecule has 19 heavy (non-hydrogen) atoms. The molecule has 0 fully saturated rings. The molecule has 0 radical (unpaired) electrons. The first-order valence-corrected chi connectivity index (χ1v) is 5.84. The Bertz CT molecular complexity index is 617. The van der Waals surface area contributed by atoms with Crippen LogP contribution in [0, 0.1) is 0 Å².